The molecule has 1 amide bonds. The molecule has 354 valence electrons. The van der Waals surface area contributed by atoms with Crippen molar-refractivity contribution in [1.29, 1.82) is 0 Å². The van der Waals surface area contributed by atoms with Gasteiger partial charge in [0.25, 0.3) is 0 Å². The van der Waals surface area contributed by atoms with Crippen molar-refractivity contribution in [3.63, 3.8) is 0 Å². The number of cyclic esters (lactones) is 2. The Morgan fingerprint density at radius 2 is 1.68 bits per heavy atom. The van der Waals surface area contributed by atoms with Crippen molar-refractivity contribution >= 4 is 17.8 Å². The van der Waals surface area contributed by atoms with E-state index in [4.69, 9.17) is 33.2 Å². The van der Waals surface area contributed by atoms with Crippen LogP contribution in [0, 0.1) is 23.7 Å². The molecule has 0 aromatic carbocycles. The Morgan fingerprint density at radius 1 is 0.968 bits per heavy atom. The molecule has 18 heteroatoms. The highest BCUT2D eigenvalue weighted by atomic mass is 16.7. The standard InChI is InChI=1S/C44H75N5O13/c1-13-34-44(9,55)38(56-11)28(6)36(50)24(2)18-43(8,54)35(17-31(27(5)39(52)61-34)33-20-42(7,57-12)19-26(4)58-33)62-40-37(51)32(16-25(3)59-40)48(10)15-14-29-22-49(47-46-29)23-30-21-45-41(53)60-30/h22,24-28,30-35,37-38,40,51,54-55H,13-21,23H2,1-12H3,(H,45,53)/t24-,25-,26+,27-,28+,30-,31?,32+,33-,34-,35?,37-,38-,40+,42+,43-,44-/m1/s1. The smallest absolute Gasteiger partial charge is 0.407 e. The molecule has 0 bridgehead atoms. The van der Waals surface area contributed by atoms with Crippen molar-refractivity contribution in [1.82, 2.24) is 25.2 Å². The number of ketones is 1. The van der Waals surface area contributed by atoms with E-state index in [1.165, 1.54) is 14.0 Å². The largest absolute Gasteiger partial charge is 0.459 e. The molecule has 0 radical (unpaired) electrons. The summed E-state index contributed by atoms with van der Waals surface area (Å²) in [5, 5.41) is 47.8. The van der Waals surface area contributed by atoms with Crippen LogP contribution >= 0.6 is 0 Å². The minimum atomic E-state index is -1.73. The van der Waals surface area contributed by atoms with E-state index in [2.05, 4.69) is 15.6 Å². The molecule has 5 rings (SSSR count). The summed E-state index contributed by atoms with van der Waals surface area (Å²) in [7, 11) is 4.99. The van der Waals surface area contributed by atoms with E-state index in [9.17, 15) is 29.7 Å². The van der Waals surface area contributed by atoms with E-state index in [-0.39, 0.29) is 43.4 Å². The van der Waals surface area contributed by atoms with Crippen LogP contribution < -0.4 is 5.32 Å². The monoisotopic (exact) mass is 882 g/mol. The van der Waals surface area contributed by atoms with Crippen LogP contribution in [0.5, 0.6) is 0 Å². The average Bonchev–Trinajstić information content (AvgIpc) is 3.84. The topological polar surface area (TPSA) is 222 Å². The van der Waals surface area contributed by atoms with Gasteiger partial charge in [-0.3, -0.25) is 9.59 Å². The lowest BCUT2D eigenvalue weighted by atomic mass is 9.72. The third-order valence-electron chi connectivity index (χ3n) is 14.1. The minimum Gasteiger partial charge on any atom is -0.459 e. The SMILES string of the molecule is CC[C@H]1OC(=O)[C@H](C)C([C@H]2C[C@@](C)(OC)C[C@H](C)O2)CC(O[C@@H]2O[C@H](C)C[C@H](N(C)CCc3cn(C[C@H]4CNC(=O)O4)nn3)[C@H]2O)[C@](C)(O)C[C@@H](C)C(=O)[C@H](C)[C@@H](OC)[C@]1(C)O. The first-order chi connectivity index (χ1) is 29.0. The highest BCUT2D eigenvalue weighted by Gasteiger charge is 2.52. The second kappa shape index (κ2) is 20.6. The van der Waals surface area contributed by atoms with Gasteiger partial charge in [0.1, 0.15) is 29.7 Å². The average molecular weight is 882 g/mol. The molecular formula is C44H75N5O13. The zero-order chi connectivity index (χ0) is 45.9. The van der Waals surface area contributed by atoms with E-state index in [1.54, 1.807) is 46.4 Å². The van der Waals surface area contributed by atoms with Crippen molar-refractivity contribution in [2.24, 2.45) is 23.7 Å². The highest BCUT2D eigenvalue weighted by molar-refractivity contribution is 5.83. The summed E-state index contributed by atoms with van der Waals surface area (Å²) in [5.41, 5.74) is -3.27. The van der Waals surface area contributed by atoms with Gasteiger partial charge in [-0.1, -0.05) is 32.9 Å². The molecule has 0 spiro atoms. The number of methoxy groups -OCH3 is 2. The lowest BCUT2D eigenvalue weighted by molar-refractivity contribution is -0.292. The summed E-state index contributed by atoms with van der Waals surface area (Å²) in [6.45, 7) is 17.3. The van der Waals surface area contributed by atoms with Gasteiger partial charge in [0.2, 0.25) is 0 Å². The second-order valence-corrected chi connectivity index (χ2v) is 19.4. The summed E-state index contributed by atoms with van der Waals surface area (Å²) in [6, 6.07) is -0.410. The number of ether oxygens (including phenoxy) is 7. The maximum atomic E-state index is 14.4. The number of carbonyl (C=O) groups is 3. The van der Waals surface area contributed by atoms with E-state index in [0.717, 1.165) is 5.69 Å². The third kappa shape index (κ3) is 11.7. The number of aliphatic hydroxyl groups is 3. The van der Waals surface area contributed by atoms with Gasteiger partial charge in [-0.05, 0) is 67.3 Å². The quantitative estimate of drug-likeness (QED) is 0.222. The second-order valence-electron chi connectivity index (χ2n) is 19.4. The van der Waals surface area contributed by atoms with Crippen molar-refractivity contribution in [3.05, 3.63) is 11.9 Å². The Hall–Kier alpha value is -2.81. The van der Waals surface area contributed by atoms with Gasteiger partial charge in [-0.25, -0.2) is 9.48 Å². The zero-order valence-electron chi connectivity index (χ0n) is 38.9. The molecule has 18 nitrogen and oxygen atoms in total. The van der Waals surface area contributed by atoms with Crippen LogP contribution in [0.25, 0.3) is 0 Å². The van der Waals surface area contributed by atoms with Crippen molar-refractivity contribution in [2.75, 3.05) is 34.4 Å². The van der Waals surface area contributed by atoms with Crippen LogP contribution in [0.15, 0.2) is 6.20 Å². The van der Waals surface area contributed by atoms with Gasteiger partial charge in [0.05, 0.1) is 66.4 Å². The van der Waals surface area contributed by atoms with Gasteiger partial charge >= 0.3 is 12.1 Å². The summed E-state index contributed by atoms with van der Waals surface area (Å²) in [4.78, 5) is 42.1. The molecule has 1 aromatic rings. The van der Waals surface area contributed by atoms with Gasteiger partial charge in [-0.2, -0.15) is 0 Å². The number of aromatic nitrogens is 3. The van der Waals surface area contributed by atoms with Gasteiger partial charge in [-0.15, -0.1) is 5.10 Å². The molecule has 0 saturated carbocycles. The normalized spacial score (nSPS) is 42.9. The number of carbonyl (C=O) groups excluding carboxylic acids is 3. The van der Waals surface area contributed by atoms with E-state index in [0.29, 0.717) is 45.3 Å². The van der Waals surface area contributed by atoms with Crippen LogP contribution in [0.4, 0.5) is 4.79 Å². The number of likely N-dealkylation sites (N-methyl/N-ethyl adjacent to an activating group) is 1. The molecule has 17 atom stereocenters. The molecule has 0 aliphatic carbocycles. The number of Topliss-reactive ketones (excluding diaryl/α,β-unsaturated/α-hetero) is 1. The number of esters is 1. The highest BCUT2D eigenvalue weighted by Crippen LogP contribution is 2.43. The van der Waals surface area contributed by atoms with Crippen molar-refractivity contribution in [3.8, 4) is 0 Å². The fourth-order valence-electron chi connectivity index (χ4n) is 10.4. The lowest BCUT2D eigenvalue weighted by Gasteiger charge is -2.48. The first kappa shape index (κ1) is 50.2. The number of amides is 1. The van der Waals surface area contributed by atoms with Crippen LogP contribution in [-0.4, -0.2) is 165 Å². The van der Waals surface area contributed by atoms with Gasteiger partial charge < -0.3 is 58.7 Å². The first-order valence-electron chi connectivity index (χ1n) is 22.5. The Kier molecular flexibility index (Phi) is 16.7. The van der Waals surface area contributed by atoms with Crippen molar-refractivity contribution in [2.45, 2.75) is 192 Å². The van der Waals surface area contributed by atoms with Crippen LogP contribution in [0.2, 0.25) is 0 Å². The summed E-state index contributed by atoms with van der Waals surface area (Å²) in [5.74, 6) is -3.82. The minimum absolute atomic E-state index is 0.0397. The maximum absolute atomic E-state index is 14.4. The molecule has 4 saturated heterocycles. The van der Waals surface area contributed by atoms with Crippen molar-refractivity contribution < 1.29 is 62.9 Å². The number of nitrogens with one attached hydrogen (secondary N) is 1. The number of alkyl carbamates (subject to hydrolysis) is 1. The Balaban J connectivity index is 1.44. The predicted octanol–water partition coefficient (Wildman–Crippen LogP) is 2.81. The molecule has 62 heavy (non-hydrogen) atoms. The fraction of sp³-hybridized carbons (Fsp3) is 0.886. The molecule has 4 fully saturated rings. The van der Waals surface area contributed by atoms with E-state index in [1.807, 2.05) is 38.9 Å². The number of nitrogens with zero attached hydrogens (tertiary/aromatic N) is 4. The number of aliphatic hydroxyl groups excluding tert-OH is 1. The lowest BCUT2D eigenvalue weighted by Crippen LogP contribution is -2.59. The fourth-order valence-corrected chi connectivity index (χ4v) is 10.4. The number of rotatable bonds is 12. The van der Waals surface area contributed by atoms with Crippen LogP contribution in [0.1, 0.15) is 107 Å². The Bertz CT molecular complexity index is 1660. The summed E-state index contributed by atoms with van der Waals surface area (Å²) >= 11 is 0. The molecule has 5 heterocycles. The van der Waals surface area contributed by atoms with Gasteiger partial charge in [0, 0.05) is 70.0 Å². The molecule has 1 aromatic heterocycles. The van der Waals surface area contributed by atoms with Crippen LogP contribution in [0.3, 0.4) is 0 Å². The van der Waals surface area contributed by atoms with E-state index >= 15 is 0 Å². The molecule has 4 N–H and O–H groups in total. The van der Waals surface area contributed by atoms with E-state index < -0.39 is 95.4 Å². The Labute approximate surface area is 367 Å². The summed E-state index contributed by atoms with van der Waals surface area (Å²) < 4.78 is 44.6. The molecule has 2 unspecified atom stereocenters. The van der Waals surface area contributed by atoms with Gasteiger partial charge in [0.15, 0.2) is 6.29 Å². The number of hydrogen-bond donors (Lipinski definition) is 4. The Morgan fingerprint density at radius 3 is 2.31 bits per heavy atom. The molecule has 4 aliphatic heterocycles. The predicted molar refractivity (Wildman–Crippen MR) is 225 cm³/mol. The van der Waals surface area contributed by atoms with Crippen LogP contribution in [-0.2, 0) is 55.7 Å². The third-order valence-corrected chi connectivity index (χ3v) is 14.1. The maximum Gasteiger partial charge on any atom is 0.407 e. The molecule has 4 aliphatic rings. The number of hydrogen-bond acceptors (Lipinski definition) is 16. The molecular weight excluding hydrogens is 807 g/mol. The summed E-state index contributed by atoms with van der Waals surface area (Å²) in [6.07, 6.45) is -3.18. The zero-order valence-corrected chi connectivity index (χ0v) is 38.9. The first-order valence-corrected chi connectivity index (χ1v) is 22.5.